The number of nitrogens with zero attached hydrogens (tertiary/aromatic N) is 1. The molecule has 1 saturated heterocycles. The minimum Gasteiger partial charge on any atom is -0.229 e. The second-order valence-electron chi connectivity index (χ2n) is 4.04. The van der Waals surface area contributed by atoms with E-state index in [1.807, 2.05) is 0 Å². The number of sulfone groups is 1. The van der Waals surface area contributed by atoms with Crippen molar-refractivity contribution in [2.45, 2.75) is 15.9 Å². The fourth-order valence-electron chi connectivity index (χ4n) is 1.80. The van der Waals surface area contributed by atoms with Crippen LogP contribution in [0.15, 0.2) is 21.7 Å². The van der Waals surface area contributed by atoms with Gasteiger partial charge in [-0.1, -0.05) is 6.07 Å². The third-order valence-corrected chi connectivity index (χ3v) is 7.64. The van der Waals surface area contributed by atoms with Crippen molar-refractivity contribution in [3.05, 3.63) is 17.5 Å². The molecule has 8 heteroatoms. The molecule has 96 valence electrons. The molecule has 0 saturated carbocycles. The molecular formula is C9H13NO4S3. The van der Waals surface area contributed by atoms with Gasteiger partial charge in [-0.25, -0.2) is 16.8 Å². The average molecular weight is 295 g/mol. The predicted molar refractivity (Wildman–Crippen MR) is 66.3 cm³/mol. The summed E-state index contributed by atoms with van der Waals surface area (Å²) in [6.45, 7) is 0.344. The molecule has 1 aliphatic heterocycles. The topological polar surface area (TPSA) is 71.5 Å². The van der Waals surface area contributed by atoms with E-state index in [2.05, 4.69) is 0 Å². The van der Waals surface area contributed by atoms with E-state index in [0.29, 0.717) is 6.42 Å². The molecular weight excluding hydrogens is 282 g/mol. The number of hydrogen-bond acceptors (Lipinski definition) is 5. The summed E-state index contributed by atoms with van der Waals surface area (Å²) in [6.07, 6.45) is 1.53. The van der Waals surface area contributed by atoms with E-state index in [9.17, 15) is 16.8 Å². The van der Waals surface area contributed by atoms with Crippen molar-refractivity contribution in [2.24, 2.45) is 0 Å². The van der Waals surface area contributed by atoms with Gasteiger partial charge in [-0.3, -0.25) is 0 Å². The van der Waals surface area contributed by atoms with E-state index in [4.69, 9.17) is 0 Å². The molecule has 1 atom stereocenters. The van der Waals surface area contributed by atoms with Crippen LogP contribution in [0.4, 0.5) is 0 Å². The summed E-state index contributed by atoms with van der Waals surface area (Å²) in [5.41, 5.74) is 0. The molecule has 2 rings (SSSR count). The van der Waals surface area contributed by atoms with Gasteiger partial charge in [0.25, 0.3) is 10.0 Å². The molecule has 0 aromatic carbocycles. The van der Waals surface area contributed by atoms with E-state index in [0.717, 1.165) is 17.6 Å². The van der Waals surface area contributed by atoms with Crippen LogP contribution in [0.25, 0.3) is 0 Å². The summed E-state index contributed by atoms with van der Waals surface area (Å²) in [5, 5.41) is 1.12. The quantitative estimate of drug-likeness (QED) is 0.816. The van der Waals surface area contributed by atoms with E-state index in [-0.39, 0.29) is 17.3 Å². The van der Waals surface area contributed by atoms with Gasteiger partial charge >= 0.3 is 0 Å². The van der Waals surface area contributed by atoms with Gasteiger partial charge in [0.05, 0.1) is 5.25 Å². The Kier molecular flexibility index (Phi) is 3.32. The molecule has 0 spiro atoms. The Morgan fingerprint density at radius 3 is 2.53 bits per heavy atom. The number of sulfonamides is 1. The maximum atomic E-state index is 12.1. The molecule has 0 bridgehead atoms. The SMILES string of the molecule is CS(=O)(=O)[C@H]1CCN(S(=O)(=O)c2cccs2)C1. The Morgan fingerprint density at radius 2 is 2.06 bits per heavy atom. The zero-order valence-corrected chi connectivity index (χ0v) is 11.7. The van der Waals surface area contributed by atoms with Crippen LogP contribution in [-0.4, -0.2) is 45.7 Å². The van der Waals surface area contributed by atoms with Crippen molar-refractivity contribution in [2.75, 3.05) is 19.3 Å². The number of thiophene rings is 1. The second-order valence-corrected chi connectivity index (χ2v) is 9.47. The highest BCUT2D eigenvalue weighted by molar-refractivity contribution is 7.92. The van der Waals surface area contributed by atoms with Crippen LogP contribution in [0.2, 0.25) is 0 Å². The summed E-state index contributed by atoms with van der Waals surface area (Å²) in [7, 11) is -6.67. The highest BCUT2D eigenvalue weighted by Crippen LogP contribution is 2.26. The Balaban J connectivity index is 2.23. The Morgan fingerprint density at radius 1 is 1.35 bits per heavy atom. The van der Waals surface area contributed by atoms with Gasteiger partial charge in [-0.2, -0.15) is 4.31 Å². The largest absolute Gasteiger partial charge is 0.252 e. The Hall–Kier alpha value is -0.440. The summed E-state index contributed by atoms with van der Waals surface area (Å²) in [4.78, 5) is 0. The standard InChI is InChI=1S/C9H13NO4S3/c1-16(11,12)8-4-5-10(7-8)17(13,14)9-3-2-6-15-9/h2-3,6,8H,4-5,7H2,1H3/t8-/m0/s1. The zero-order valence-electron chi connectivity index (χ0n) is 9.24. The van der Waals surface area contributed by atoms with E-state index < -0.39 is 25.1 Å². The van der Waals surface area contributed by atoms with Crippen molar-refractivity contribution >= 4 is 31.2 Å². The molecule has 2 heterocycles. The third kappa shape index (κ3) is 2.54. The monoisotopic (exact) mass is 295 g/mol. The second kappa shape index (κ2) is 4.34. The van der Waals surface area contributed by atoms with Crippen molar-refractivity contribution in [1.82, 2.24) is 4.31 Å². The van der Waals surface area contributed by atoms with Gasteiger partial charge in [0.1, 0.15) is 4.21 Å². The molecule has 0 unspecified atom stereocenters. The normalized spacial score (nSPS) is 23.0. The third-order valence-electron chi connectivity index (χ3n) is 2.80. The van der Waals surface area contributed by atoms with E-state index >= 15 is 0 Å². The van der Waals surface area contributed by atoms with Gasteiger partial charge in [0.15, 0.2) is 9.84 Å². The van der Waals surface area contributed by atoms with Gasteiger partial charge in [-0.05, 0) is 17.9 Å². The van der Waals surface area contributed by atoms with Crippen molar-refractivity contribution < 1.29 is 16.8 Å². The highest BCUT2D eigenvalue weighted by Gasteiger charge is 2.37. The summed E-state index contributed by atoms with van der Waals surface area (Å²) < 4.78 is 48.5. The Bertz CT molecular complexity index is 588. The number of hydrogen-bond donors (Lipinski definition) is 0. The molecule has 0 aliphatic carbocycles. The smallest absolute Gasteiger partial charge is 0.229 e. The Labute approximate surface area is 105 Å². The minimum absolute atomic E-state index is 0.0685. The maximum absolute atomic E-state index is 12.1. The molecule has 0 N–H and O–H groups in total. The lowest BCUT2D eigenvalue weighted by Gasteiger charge is -2.14. The van der Waals surface area contributed by atoms with Crippen LogP contribution in [0, 0.1) is 0 Å². The lowest BCUT2D eigenvalue weighted by molar-refractivity contribution is 0.478. The molecule has 1 aliphatic rings. The average Bonchev–Trinajstić information content (AvgIpc) is 2.89. The van der Waals surface area contributed by atoms with Gasteiger partial charge in [0.2, 0.25) is 0 Å². The molecule has 1 fully saturated rings. The van der Waals surface area contributed by atoms with E-state index in [1.54, 1.807) is 11.4 Å². The fraction of sp³-hybridized carbons (Fsp3) is 0.556. The first kappa shape index (κ1) is 13.0. The fourth-order valence-corrected chi connectivity index (χ4v) is 5.53. The molecule has 1 aromatic rings. The molecule has 17 heavy (non-hydrogen) atoms. The van der Waals surface area contributed by atoms with E-state index in [1.165, 1.54) is 10.4 Å². The first-order valence-electron chi connectivity index (χ1n) is 5.04. The maximum Gasteiger partial charge on any atom is 0.252 e. The van der Waals surface area contributed by atoms with Crippen LogP contribution in [0.3, 0.4) is 0 Å². The minimum atomic E-state index is -3.50. The summed E-state index contributed by atoms with van der Waals surface area (Å²) >= 11 is 1.15. The van der Waals surface area contributed by atoms with Crippen LogP contribution in [-0.2, 0) is 19.9 Å². The molecule has 0 radical (unpaired) electrons. The first-order chi connectivity index (χ1) is 7.82. The summed E-state index contributed by atoms with van der Waals surface area (Å²) in [6, 6.07) is 3.20. The van der Waals surface area contributed by atoms with Crippen LogP contribution in [0.5, 0.6) is 0 Å². The van der Waals surface area contributed by atoms with Crippen LogP contribution >= 0.6 is 11.3 Å². The lowest BCUT2D eigenvalue weighted by atomic mass is 10.4. The van der Waals surface area contributed by atoms with Crippen LogP contribution in [0.1, 0.15) is 6.42 Å². The zero-order chi connectivity index (χ0) is 12.7. The predicted octanol–water partition coefficient (Wildman–Crippen LogP) is 0.556. The molecule has 5 nitrogen and oxygen atoms in total. The summed E-state index contributed by atoms with van der Waals surface area (Å²) in [5.74, 6) is 0. The van der Waals surface area contributed by atoms with Crippen LogP contribution < -0.4 is 0 Å². The first-order valence-corrected chi connectivity index (χ1v) is 9.32. The molecule has 1 aromatic heterocycles. The number of rotatable bonds is 3. The van der Waals surface area contributed by atoms with Crippen molar-refractivity contribution in [3.63, 3.8) is 0 Å². The highest BCUT2D eigenvalue weighted by atomic mass is 32.2. The van der Waals surface area contributed by atoms with Gasteiger partial charge in [0, 0.05) is 19.3 Å². The van der Waals surface area contributed by atoms with Gasteiger partial charge < -0.3 is 0 Å². The molecule has 0 amide bonds. The van der Waals surface area contributed by atoms with Gasteiger partial charge in [-0.15, -0.1) is 11.3 Å². The van der Waals surface area contributed by atoms with Crippen molar-refractivity contribution in [1.29, 1.82) is 0 Å². The lowest BCUT2D eigenvalue weighted by Crippen LogP contribution is -2.31. The van der Waals surface area contributed by atoms with Crippen molar-refractivity contribution in [3.8, 4) is 0 Å².